The number of carbonyl (C=O) groups excluding carboxylic acids is 5. The van der Waals surface area contributed by atoms with Gasteiger partial charge < -0.3 is 15.3 Å². The lowest BCUT2D eigenvalue weighted by Crippen LogP contribution is -2.48. The van der Waals surface area contributed by atoms with Gasteiger partial charge >= 0.3 is 11.9 Å². The quantitative estimate of drug-likeness (QED) is 0.214. The second-order valence-electron chi connectivity index (χ2n) is 7.18. The molecule has 0 saturated carbocycles. The van der Waals surface area contributed by atoms with Crippen molar-refractivity contribution in [3.63, 3.8) is 0 Å². The first-order chi connectivity index (χ1) is 14.9. The molecule has 0 saturated heterocycles. The maximum atomic E-state index is 12.9. The average molecular weight is 422 g/mol. The summed E-state index contributed by atoms with van der Waals surface area (Å²) >= 11 is 0. The molecule has 8 heteroatoms. The Kier molecular flexibility index (Phi) is 7.04. The summed E-state index contributed by atoms with van der Waals surface area (Å²) in [7, 11) is 0. The van der Waals surface area contributed by atoms with E-state index in [1.807, 2.05) is 0 Å². The number of hydrogen-bond donors (Lipinski definition) is 1. The lowest BCUT2D eigenvalue weighted by atomic mass is 10.0. The molecule has 1 aliphatic rings. The molecule has 1 unspecified atom stereocenters. The Hall–Kier alpha value is -3.65. The van der Waals surface area contributed by atoms with Gasteiger partial charge in [-0.05, 0) is 30.5 Å². The minimum absolute atomic E-state index is 0.0151. The van der Waals surface area contributed by atoms with Crippen LogP contribution in [-0.2, 0) is 25.5 Å². The second kappa shape index (κ2) is 9.90. The van der Waals surface area contributed by atoms with Gasteiger partial charge in [-0.1, -0.05) is 42.5 Å². The number of ether oxygens (including phenoxy) is 1. The van der Waals surface area contributed by atoms with Crippen LogP contribution in [0.1, 0.15) is 45.5 Å². The van der Waals surface area contributed by atoms with Crippen molar-refractivity contribution < 1.29 is 28.7 Å². The molecule has 8 nitrogen and oxygen atoms in total. The summed E-state index contributed by atoms with van der Waals surface area (Å²) in [5, 5.41) is 0. The largest absolute Gasteiger partial charge is 0.390 e. The Morgan fingerprint density at radius 2 is 1.52 bits per heavy atom. The van der Waals surface area contributed by atoms with Crippen molar-refractivity contribution in [1.29, 1.82) is 0 Å². The van der Waals surface area contributed by atoms with Gasteiger partial charge in [0.25, 0.3) is 11.8 Å². The molecule has 2 aromatic carbocycles. The lowest BCUT2D eigenvalue weighted by Gasteiger charge is -2.24. The van der Waals surface area contributed by atoms with Crippen LogP contribution in [0.4, 0.5) is 0 Å². The molecule has 0 fully saturated rings. The SMILES string of the molecule is NC(CCCC=O)C(=O)OC(=O)[C@H](Cc1ccccc1)N1C(=O)c2ccccc2C1=O. The highest BCUT2D eigenvalue weighted by atomic mass is 16.6. The summed E-state index contributed by atoms with van der Waals surface area (Å²) < 4.78 is 4.95. The van der Waals surface area contributed by atoms with Crippen LogP contribution >= 0.6 is 0 Å². The Balaban J connectivity index is 1.83. The second-order valence-corrected chi connectivity index (χ2v) is 7.18. The van der Waals surface area contributed by atoms with Crippen LogP contribution in [0.2, 0.25) is 0 Å². The highest BCUT2D eigenvalue weighted by Gasteiger charge is 2.44. The number of hydrogen-bond acceptors (Lipinski definition) is 7. The molecule has 3 rings (SSSR count). The smallest absolute Gasteiger partial charge is 0.337 e. The molecular formula is C23H22N2O6. The Bertz CT molecular complexity index is 969. The molecule has 0 radical (unpaired) electrons. The topological polar surface area (TPSA) is 124 Å². The van der Waals surface area contributed by atoms with Gasteiger partial charge in [0.15, 0.2) is 0 Å². The number of amides is 2. The Morgan fingerprint density at radius 1 is 0.935 bits per heavy atom. The number of imide groups is 1. The number of fused-ring (bicyclic) bond motifs is 1. The molecule has 31 heavy (non-hydrogen) atoms. The Labute approximate surface area is 179 Å². The normalized spacial score (nSPS) is 14.7. The van der Waals surface area contributed by atoms with Gasteiger partial charge in [0.1, 0.15) is 18.4 Å². The van der Waals surface area contributed by atoms with Crippen LogP contribution in [0, 0.1) is 0 Å². The summed E-state index contributed by atoms with van der Waals surface area (Å²) in [6.45, 7) is 0. The van der Waals surface area contributed by atoms with Crippen molar-refractivity contribution in [1.82, 2.24) is 4.90 Å². The Morgan fingerprint density at radius 3 is 2.10 bits per heavy atom. The number of esters is 2. The first-order valence-electron chi connectivity index (χ1n) is 9.89. The molecule has 0 aromatic heterocycles. The molecule has 1 heterocycles. The van der Waals surface area contributed by atoms with E-state index in [0.717, 1.165) is 4.90 Å². The van der Waals surface area contributed by atoms with Crippen LogP contribution < -0.4 is 5.73 Å². The molecule has 2 N–H and O–H groups in total. The van der Waals surface area contributed by atoms with Crippen LogP contribution in [0.5, 0.6) is 0 Å². The maximum absolute atomic E-state index is 12.9. The number of carbonyl (C=O) groups is 5. The number of nitrogens with zero attached hydrogens (tertiary/aromatic N) is 1. The van der Waals surface area contributed by atoms with Gasteiger partial charge in [-0.25, -0.2) is 9.59 Å². The minimum Gasteiger partial charge on any atom is -0.390 e. The molecule has 2 atom stereocenters. The zero-order valence-corrected chi connectivity index (χ0v) is 16.7. The number of aldehydes is 1. The van der Waals surface area contributed by atoms with E-state index < -0.39 is 35.8 Å². The molecule has 0 aliphatic carbocycles. The molecule has 1 aliphatic heterocycles. The number of benzene rings is 2. The lowest BCUT2D eigenvalue weighted by molar-refractivity contribution is -0.163. The minimum atomic E-state index is -1.33. The zero-order valence-electron chi connectivity index (χ0n) is 16.7. The van der Waals surface area contributed by atoms with E-state index >= 15 is 0 Å². The van der Waals surface area contributed by atoms with E-state index in [0.29, 0.717) is 18.3 Å². The standard InChI is InChI=1S/C23H22N2O6/c24-18(12-6-7-13-26)22(29)31-23(30)19(14-15-8-2-1-3-9-15)25-20(27)16-10-4-5-11-17(16)21(25)28/h1-5,8-11,13,18-19H,6-7,12,14,24H2/t18?,19-/m0/s1. The van der Waals surface area contributed by atoms with Crippen molar-refractivity contribution in [3.05, 3.63) is 71.3 Å². The molecule has 160 valence electrons. The summed E-state index contributed by atoms with van der Waals surface area (Å²) in [6, 6.07) is 12.6. The fourth-order valence-corrected chi connectivity index (χ4v) is 3.39. The predicted molar refractivity (Wildman–Crippen MR) is 110 cm³/mol. The first-order valence-corrected chi connectivity index (χ1v) is 9.89. The van der Waals surface area contributed by atoms with Crippen LogP contribution in [0.25, 0.3) is 0 Å². The van der Waals surface area contributed by atoms with Crippen LogP contribution in [0.15, 0.2) is 54.6 Å². The van der Waals surface area contributed by atoms with Gasteiger partial charge in [0, 0.05) is 12.8 Å². The summed E-state index contributed by atoms with van der Waals surface area (Å²) in [4.78, 5) is 62.2. The molecule has 2 aromatic rings. The zero-order chi connectivity index (χ0) is 22.4. The highest BCUT2D eigenvalue weighted by Crippen LogP contribution is 2.26. The number of rotatable bonds is 9. The van der Waals surface area contributed by atoms with Gasteiger partial charge in [0.2, 0.25) is 0 Å². The van der Waals surface area contributed by atoms with Crippen molar-refractivity contribution in [2.75, 3.05) is 0 Å². The van der Waals surface area contributed by atoms with Gasteiger partial charge in [-0.3, -0.25) is 14.5 Å². The van der Waals surface area contributed by atoms with E-state index in [1.165, 1.54) is 12.1 Å². The molecular weight excluding hydrogens is 400 g/mol. The van der Waals surface area contributed by atoms with Crippen LogP contribution in [0.3, 0.4) is 0 Å². The third kappa shape index (κ3) is 4.92. The fraction of sp³-hybridized carbons (Fsp3) is 0.261. The van der Waals surface area contributed by atoms with Crippen molar-refractivity contribution in [3.8, 4) is 0 Å². The number of unbranched alkanes of at least 4 members (excludes halogenated alkanes) is 1. The third-order valence-electron chi connectivity index (χ3n) is 5.02. The van der Waals surface area contributed by atoms with Crippen molar-refractivity contribution >= 4 is 30.0 Å². The molecule has 2 amide bonds. The third-order valence-corrected chi connectivity index (χ3v) is 5.02. The summed E-state index contributed by atoms with van der Waals surface area (Å²) in [5.74, 6) is -3.25. The summed E-state index contributed by atoms with van der Waals surface area (Å²) in [5.41, 5.74) is 6.81. The maximum Gasteiger partial charge on any atom is 0.337 e. The van der Waals surface area contributed by atoms with Crippen LogP contribution in [-0.4, -0.2) is 47.0 Å². The molecule has 0 spiro atoms. The van der Waals surface area contributed by atoms with Gasteiger partial charge in [-0.2, -0.15) is 0 Å². The number of nitrogens with two attached hydrogens (primary N) is 1. The van der Waals surface area contributed by atoms with E-state index in [-0.39, 0.29) is 30.4 Å². The van der Waals surface area contributed by atoms with Gasteiger partial charge in [-0.15, -0.1) is 0 Å². The van der Waals surface area contributed by atoms with E-state index in [9.17, 15) is 24.0 Å². The monoisotopic (exact) mass is 422 g/mol. The summed E-state index contributed by atoms with van der Waals surface area (Å²) in [6.07, 6.45) is 1.47. The van der Waals surface area contributed by atoms with Gasteiger partial charge in [0.05, 0.1) is 11.1 Å². The molecule has 0 bridgehead atoms. The van der Waals surface area contributed by atoms with Crippen molar-refractivity contribution in [2.24, 2.45) is 5.73 Å². The van der Waals surface area contributed by atoms with E-state index in [1.54, 1.807) is 42.5 Å². The van der Waals surface area contributed by atoms with E-state index in [4.69, 9.17) is 10.5 Å². The average Bonchev–Trinajstić information content (AvgIpc) is 3.03. The van der Waals surface area contributed by atoms with Crippen molar-refractivity contribution in [2.45, 2.75) is 37.8 Å². The predicted octanol–water partition coefficient (Wildman–Crippen LogP) is 1.66. The fourth-order valence-electron chi connectivity index (χ4n) is 3.39. The highest BCUT2D eigenvalue weighted by molar-refractivity contribution is 6.22. The first kappa shape index (κ1) is 22.0. The van der Waals surface area contributed by atoms with E-state index in [2.05, 4.69) is 0 Å².